The summed E-state index contributed by atoms with van der Waals surface area (Å²) in [6.45, 7) is 11.8. The number of aromatic nitrogens is 2. The molecule has 0 aromatic carbocycles. The van der Waals surface area contributed by atoms with Crippen molar-refractivity contribution >= 4 is 5.69 Å². The molecule has 1 N–H and O–H groups in total. The van der Waals surface area contributed by atoms with Crippen molar-refractivity contribution in [1.29, 1.82) is 0 Å². The highest BCUT2D eigenvalue weighted by atomic mass is 15.2. The smallest absolute Gasteiger partial charge is 0.131 e. The fourth-order valence-electron chi connectivity index (χ4n) is 3.04. The fourth-order valence-corrected chi connectivity index (χ4v) is 3.04. The zero-order valence-corrected chi connectivity index (χ0v) is 14.0. The Balaban J connectivity index is 2.25. The summed E-state index contributed by atoms with van der Waals surface area (Å²) in [5.41, 5.74) is 2.41. The predicted molar refractivity (Wildman–Crippen MR) is 88.8 cm³/mol. The number of hydrogen-bond acceptors (Lipinski definition) is 4. The van der Waals surface area contributed by atoms with Gasteiger partial charge in [0.25, 0.3) is 0 Å². The van der Waals surface area contributed by atoms with Crippen LogP contribution in [0.1, 0.15) is 70.8 Å². The van der Waals surface area contributed by atoms with Crippen molar-refractivity contribution < 1.29 is 0 Å². The van der Waals surface area contributed by atoms with Crippen molar-refractivity contribution in [1.82, 2.24) is 15.3 Å². The molecule has 0 spiro atoms. The van der Waals surface area contributed by atoms with Crippen molar-refractivity contribution in [2.24, 2.45) is 0 Å². The number of anilines is 1. The van der Waals surface area contributed by atoms with Crippen LogP contribution in [0.25, 0.3) is 0 Å². The van der Waals surface area contributed by atoms with Gasteiger partial charge >= 0.3 is 0 Å². The molecule has 0 radical (unpaired) electrons. The van der Waals surface area contributed by atoms with Crippen LogP contribution in [-0.2, 0) is 6.54 Å². The van der Waals surface area contributed by atoms with Crippen LogP contribution in [0.2, 0.25) is 0 Å². The van der Waals surface area contributed by atoms with Crippen LogP contribution in [0.3, 0.4) is 0 Å². The lowest BCUT2D eigenvalue weighted by atomic mass is 10.1. The molecule has 0 amide bonds. The Morgan fingerprint density at radius 3 is 2.86 bits per heavy atom. The van der Waals surface area contributed by atoms with Crippen molar-refractivity contribution in [3.63, 3.8) is 0 Å². The van der Waals surface area contributed by atoms with Crippen LogP contribution in [-0.4, -0.2) is 29.1 Å². The van der Waals surface area contributed by atoms with Crippen LogP contribution in [0, 0.1) is 0 Å². The van der Waals surface area contributed by atoms with Gasteiger partial charge in [0.1, 0.15) is 5.82 Å². The Morgan fingerprint density at radius 1 is 1.38 bits per heavy atom. The lowest BCUT2D eigenvalue weighted by Crippen LogP contribution is -2.31. The van der Waals surface area contributed by atoms with Crippen LogP contribution in [0.5, 0.6) is 0 Å². The maximum Gasteiger partial charge on any atom is 0.131 e. The van der Waals surface area contributed by atoms with Crippen LogP contribution in [0.4, 0.5) is 5.69 Å². The first-order valence-corrected chi connectivity index (χ1v) is 8.50. The lowest BCUT2D eigenvalue weighted by molar-refractivity contribution is 0.623. The molecule has 21 heavy (non-hydrogen) atoms. The summed E-state index contributed by atoms with van der Waals surface area (Å²) in [6.07, 6.45) is 6.99. The summed E-state index contributed by atoms with van der Waals surface area (Å²) in [5, 5.41) is 3.50. The zero-order chi connectivity index (χ0) is 15.2. The van der Waals surface area contributed by atoms with Gasteiger partial charge in [0.2, 0.25) is 0 Å². The average molecular weight is 290 g/mol. The van der Waals surface area contributed by atoms with Gasteiger partial charge in [0.15, 0.2) is 0 Å². The number of rotatable bonds is 7. The highest BCUT2D eigenvalue weighted by molar-refractivity contribution is 5.51. The van der Waals surface area contributed by atoms with Gasteiger partial charge in [-0.1, -0.05) is 27.7 Å². The first-order valence-electron chi connectivity index (χ1n) is 8.50. The molecule has 1 saturated heterocycles. The number of nitrogens with one attached hydrogen (secondary N) is 1. The maximum atomic E-state index is 4.84. The summed E-state index contributed by atoms with van der Waals surface area (Å²) < 4.78 is 0. The maximum absolute atomic E-state index is 4.84. The quantitative estimate of drug-likeness (QED) is 0.781. The molecule has 2 heterocycles. The second kappa shape index (κ2) is 7.74. The van der Waals surface area contributed by atoms with E-state index in [9.17, 15) is 0 Å². The number of hydrogen-bond donors (Lipinski definition) is 1. The van der Waals surface area contributed by atoms with Gasteiger partial charge in [-0.25, -0.2) is 9.97 Å². The monoisotopic (exact) mass is 290 g/mol. The van der Waals surface area contributed by atoms with Crippen molar-refractivity contribution in [3.8, 4) is 0 Å². The van der Waals surface area contributed by atoms with Crippen molar-refractivity contribution in [2.75, 3.05) is 18.0 Å². The molecule has 1 unspecified atom stereocenters. The van der Waals surface area contributed by atoms with Crippen LogP contribution in [0.15, 0.2) is 6.20 Å². The molecule has 4 nitrogen and oxygen atoms in total. The van der Waals surface area contributed by atoms with E-state index in [1.807, 2.05) is 0 Å². The molecular weight excluding hydrogens is 260 g/mol. The highest BCUT2D eigenvalue weighted by Gasteiger charge is 2.26. The molecule has 0 aliphatic carbocycles. The molecule has 1 aromatic rings. The third-order valence-corrected chi connectivity index (χ3v) is 4.26. The first kappa shape index (κ1) is 16.2. The van der Waals surface area contributed by atoms with Gasteiger partial charge < -0.3 is 10.2 Å². The normalized spacial score (nSPS) is 18.7. The van der Waals surface area contributed by atoms with Crippen molar-refractivity contribution in [2.45, 2.75) is 71.9 Å². The van der Waals surface area contributed by atoms with E-state index in [-0.39, 0.29) is 0 Å². The van der Waals surface area contributed by atoms with E-state index < -0.39 is 0 Å². The largest absolute Gasteiger partial charge is 0.366 e. The third-order valence-electron chi connectivity index (χ3n) is 4.26. The van der Waals surface area contributed by atoms with Crippen LogP contribution < -0.4 is 10.2 Å². The molecule has 1 aliphatic rings. The van der Waals surface area contributed by atoms with Gasteiger partial charge in [-0.05, 0) is 32.2 Å². The standard InChI is InChI=1S/C17H30N4/c1-5-9-18-11-15-16(12-19-17(20-15)13(3)4)21-10-7-8-14(21)6-2/h12-14,18H,5-11H2,1-4H3. The Bertz CT molecular complexity index is 444. The Labute approximate surface area is 129 Å². The number of nitrogens with zero attached hydrogens (tertiary/aromatic N) is 3. The van der Waals surface area contributed by atoms with E-state index in [0.717, 1.165) is 31.9 Å². The van der Waals surface area contributed by atoms with Gasteiger partial charge in [0, 0.05) is 25.0 Å². The van der Waals surface area contributed by atoms with E-state index >= 15 is 0 Å². The molecule has 1 aromatic heterocycles. The summed E-state index contributed by atoms with van der Waals surface area (Å²) in [6, 6.07) is 0.656. The molecule has 0 saturated carbocycles. The SMILES string of the molecule is CCCNCc1nc(C(C)C)ncc1N1CCCC1CC. The molecule has 1 aliphatic heterocycles. The zero-order valence-electron chi connectivity index (χ0n) is 14.0. The van der Waals surface area contributed by atoms with E-state index in [1.54, 1.807) is 0 Å². The van der Waals surface area contributed by atoms with E-state index in [0.29, 0.717) is 12.0 Å². The summed E-state index contributed by atoms with van der Waals surface area (Å²) in [7, 11) is 0. The van der Waals surface area contributed by atoms with E-state index in [4.69, 9.17) is 4.98 Å². The van der Waals surface area contributed by atoms with E-state index in [1.165, 1.54) is 30.6 Å². The van der Waals surface area contributed by atoms with Gasteiger partial charge in [0.05, 0.1) is 17.6 Å². The topological polar surface area (TPSA) is 41.1 Å². The second-order valence-corrected chi connectivity index (χ2v) is 6.29. The molecular formula is C17H30N4. The first-order chi connectivity index (χ1) is 10.2. The van der Waals surface area contributed by atoms with E-state index in [2.05, 4.69) is 49.1 Å². The van der Waals surface area contributed by atoms with Gasteiger partial charge in [-0.2, -0.15) is 0 Å². The minimum absolute atomic E-state index is 0.379. The second-order valence-electron chi connectivity index (χ2n) is 6.29. The van der Waals surface area contributed by atoms with Crippen molar-refractivity contribution in [3.05, 3.63) is 17.7 Å². The summed E-state index contributed by atoms with van der Waals surface area (Å²) in [4.78, 5) is 12.0. The Kier molecular flexibility index (Phi) is 5.97. The molecule has 118 valence electrons. The Morgan fingerprint density at radius 2 is 2.19 bits per heavy atom. The van der Waals surface area contributed by atoms with Gasteiger partial charge in [-0.15, -0.1) is 0 Å². The summed E-state index contributed by atoms with van der Waals surface area (Å²) in [5.74, 6) is 1.34. The fraction of sp³-hybridized carbons (Fsp3) is 0.765. The minimum Gasteiger partial charge on any atom is -0.366 e. The predicted octanol–water partition coefficient (Wildman–Crippen LogP) is 3.48. The molecule has 2 rings (SSSR count). The summed E-state index contributed by atoms with van der Waals surface area (Å²) >= 11 is 0. The molecule has 1 fully saturated rings. The average Bonchev–Trinajstić information content (AvgIpc) is 2.95. The highest BCUT2D eigenvalue weighted by Crippen LogP contribution is 2.29. The lowest BCUT2D eigenvalue weighted by Gasteiger charge is -2.27. The molecule has 1 atom stereocenters. The minimum atomic E-state index is 0.379. The molecule has 0 bridgehead atoms. The Hall–Kier alpha value is -1.16. The molecule has 4 heteroatoms. The van der Waals surface area contributed by atoms with Gasteiger partial charge in [-0.3, -0.25) is 0 Å². The van der Waals surface area contributed by atoms with Crippen LogP contribution >= 0.6 is 0 Å². The third kappa shape index (κ3) is 3.94.